The van der Waals surface area contributed by atoms with E-state index in [1.54, 1.807) is 18.2 Å². The number of aliphatic hydroxyl groups excluding tert-OH is 1. The molecule has 6 heteroatoms. The van der Waals surface area contributed by atoms with Crippen LogP contribution < -0.4 is 0 Å². The Balaban J connectivity index is 2.13. The highest BCUT2D eigenvalue weighted by Crippen LogP contribution is 2.34. The molecule has 3 nitrogen and oxygen atoms in total. The summed E-state index contributed by atoms with van der Waals surface area (Å²) < 4.78 is 36.7. The highest BCUT2D eigenvalue weighted by Gasteiger charge is 2.18. The number of sulfone groups is 1. The van der Waals surface area contributed by atoms with Gasteiger partial charge in [-0.1, -0.05) is 41.9 Å². The van der Waals surface area contributed by atoms with Crippen molar-refractivity contribution in [3.63, 3.8) is 0 Å². The van der Waals surface area contributed by atoms with Gasteiger partial charge in [-0.3, -0.25) is 0 Å². The monoisotopic (exact) mass is 364 g/mol. The minimum atomic E-state index is -3.39. The van der Waals surface area contributed by atoms with E-state index in [9.17, 15) is 17.9 Å². The molecule has 0 bridgehead atoms. The fourth-order valence-corrected chi connectivity index (χ4v) is 3.63. The zero-order chi connectivity index (χ0) is 17.5. The molecular formula is C18H14ClFO3S. The van der Waals surface area contributed by atoms with Crippen LogP contribution >= 0.6 is 11.6 Å². The first-order valence-corrected chi connectivity index (χ1v) is 9.40. The topological polar surface area (TPSA) is 54.4 Å². The molecule has 3 aromatic carbocycles. The summed E-state index contributed by atoms with van der Waals surface area (Å²) in [4.78, 5) is 0.0763. The molecule has 0 fully saturated rings. The normalized spacial score (nSPS) is 13.2. The van der Waals surface area contributed by atoms with Crippen molar-refractivity contribution < 1.29 is 17.9 Å². The van der Waals surface area contributed by atoms with Crippen molar-refractivity contribution in [2.24, 2.45) is 0 Å². The number of hydrogen-bond donors (Lipinski definition) is 1. The van der Waals surface area contributed by atoms with Gasteiger partial charge >= 0.3 is 0 Å². The Morgan fingerprint density at radius 3 is 2.46 bits per heavy atom. The zero-order valence-electron chi connectivity index (χ0n) is 12.7. The highest BCUT2D eigenvalue weighted by molar-refractivity contribution is 7.90. The van der Waals surface area contributed by atoms with Crippen molar-refractivity contribution in [3.8, 4) is 0 Å². The van der Waals surface area contributed by atoms with E-state index in [-0.39, 0.29) is 9.92 Å². The predicted octanol–water partition coefficient (Wildman–Crippen LogP) is 4.12. The number of benzene rings is 3. The van der Waals surface area contributed by atoms with Crippen LogP contribution in [0.4, 0.5) is 4.39 Å². The minimum Gasteiger partial charge on any atom is -0.384 e. The van der Waals surface area contributed by atoms with Crippen LogP contribution in [0.15, 0.2) is 59.5 Å². The molecule has 24 heavy (non-hydrogen) atoms. The van der Waals surface area contributed by atoms with E-state index in [4.69, 9.17) is 11.6 Å². The Kier molecular flexibility index (Phi) is 4.34. The first-order chi connectivity index (χ1) is 11.3. The van der Waals surface area contributed by atoms with Crippen molar-refractivity contribution in [3.05, 3.63) is 76.6 Å². The Morgan fingerprint density at radius 2 is 1.79 bits per heavy atom. The number of halogens is 2. The van der Waals surface area contributed by atoms with Gasteiger partial charge in [0.25, 0.3) is 0 Å². The van der Waals surface area contributed by atoms with Gasteiger partial charge in [-0.25, -0.2) is 12.8 Å². The van der Waals surface area contributed by atoms with E-state index in [0.717, 1.165) is 11.6 Å². The summed E-state index contributed by atoms with van der Waals surface area (Å²) in [5.74, 6) is -0.402. The lowest BCUT2D eigenvalue weighted by Gasteiger charge is -2.16. The summed E-state index contributed by atoms with van der Waals surface area (Å²) in [6.45, 7) is 0. The van der Waals surface area contributed by atoms with Gasteiger partial charge in [0.15, 0.2) is 9.84 Å². The Morgan fingerprint density at radius 1 is 1.04 bits per heavy atom. The van der Waals surface area contributed by atoms with Crippen molar-refractivity contribution in [1.82, 2.24) is 0 Å². The molecule has 1 N–H and O–H groups in total. The number of aliphatic hydroxyl groups is 1. The molecule has 1 unspecified atom stereocenters. The molecule has 1 atom stereocenters. The van der Waals surface area contributed by atoms with Gasteiger partial charge < -0.3 is 5.11 Å². The number of fused-ring (bicyclic) bond motifs is 1. The van der Waals surface area contributed by atoms with Gasteiger partial charge in [0.2, 0.25) is 0 Å². The molecule has 0 aliphatic heterocycles. The first-order valence-electron chi connectivity index (χ1n) is 7.13. The largest absolute Gasteiger partial charge is 0.384 e. The summed E-state index contributed by atoms with van der Waals surface area (Å²) in [5, 5.41) is 12.2. The van der Waals surface area contributed by atoms with Crippen LogP contribution in [0.5, 0.6) is 0 Å². The Labute approximate surface area is 144 Å². The lowest BCUT2D eigenvalue weighted by Crippen LogP contribution is -2.04. The van der Waals surface area contributed by atoms with Gasteiger partial charge in [0.05, 0.1) is 4.90 Å². The van der Waals surface area contributed by atoms with Crippen LogP contribution in [0.3, 0.4) is 0 Å². The smallest absolute Gasteiger partial charge is 0.175 e. The molecule has 0 saturated carbocycles. The van der Waals surface area contributed by atoms with Crippen LogP contribution in [-0.2, 0) is 9.84 Å². The molecule has 0 amide bonds. The first kappa shape index (κ1) is 16.9. The SMILES string of the molecule is CS(=O)(=O)c1ccc(C(O)c2cccc3ccc(F)cc23)c(Cl)c1. The van der Waals surface area contributed by atoms with E-state index in [1.807, 2.05) is 6.07 Å². The summed E-state index contributed by atoms with van der Waals surface area (Å²) in [6.07, 6.45) is -0.0148. The maximum Gasteiger partial charge on any atom is 0.175 e. The van der Waals surface area contributed by atoms with E-state index in [1.165, 1.54) is 30.3 Å². The Hall–Kier alpha value is -1.95. The van der Waals surface area contributed by atoms with Gasteiger partial charge in [-0.05, 0) is 40.6 Å². The van der Waals surface area contributed by atoms with Crippen molar-refractivity contribution in [2.75, 3.05) is 6.26 Å². The Bertz CT molecular complexity index is 1030. The third-order valence-electron chi connectivity index (χ3n) is 3.87. The molecule has 0 spiro atoms. The molecule has 0 radical (unpaired) electrons. The molecule has 124 valence electrons. The third-order valence-corrected chi connectivity index (χ3v) is 5.30. The van der Waals surface area contributed by atoms with Crippen LogP contribution in [0.2, 0.25) is 5.02 Å². The standard InChI is InChI=1S/C18H14ClFO3S/c1-24(22,23)13-7-8-15(17(19)10-13)18(21)14-4-2-3-11-5-6-12(20)9-16(11)14/h2-10,18,21H,1H3. The molecule has 3 rings (SSSR count). The highest BCUT2D eigenvalue weighted by atomic mass is 35.5. The maximum atomic E-state index is 13.6. The molecular weight excluding hydrogens is 351 g/mol. The number of rotatable bonds is 3. The lowest BCUT2D eigenvalue weighted by atomic mass is 9.96. The summed E-state index contributed by atoms with van der Waals surface area (Å²) in [7, 11) is -3.39. The molecule has 0 saturated heterocycles. The number of hydrogen-bond acceptors (Lipinski definition) is 3. The van der Waals surface area contributed by atoms with E-state index in [0.29, 0.717) is 16.5 Å². The second-order valence-electron chi connectivity index (χ2n) is 5.57. The summed E-state index contributed by atoms with van der Waals surface area (Å²) >= 11 is 6.16. The van der Waals surface area contributed by atoms with E-state index < -0.39 is 21.8 Å². The van der Waals surface area contributed by atoms with Crippen molar-refractivity contribution >= 4 is 32.2 Å². The fraction of sp³-hybridized carbons (Fsp3) is 0.111. The van der Waals surface area contributed by atoms with Gasteiger partial charge in [0, 0.05) is 16.8 Å². The van der Waals surface area contributed by atoms with E-state index in [2.05, 4.69) is 0 Å². The van der Waals surface area contributed by atoms with Crippen LogP contribution in [0.1, 0.15) is 17.2 Å². The molecule has 0 aromatic heterocycles. The predicted molar refractivity (Wildman–Crippen MR) is 92.5 cm³/mol. The molecule has 3 aromatic rings. The van der Waals surface area contributed by atoms with Crippen LogP contribution in [0.25, 0.3) is 10.8 Å². The molecule has 0 heterocycles. The summed E-state index contributed by atoms with van der Waals surface area (Å²) in [5.41, 5.74) is 0.863. The van der Waals surface area contributed by atoms with Crippen LogP contribution in [-0.4, -0.2) is 19.8 Å². The van der Waals surface area contributed by atoms with E-state index >= 15 is 0 Å². The van der Waals surface area contributed by atoms with Gasteiger partial charge in [-0.2, -0.15) is 0 Å². The van der Waals surface area contributed by atoms with Crippen molar-refractivity contribution in [1.29, 1.82) is 0 Å². The maximum absolute atomic E-state index is 13.6. The zero-order valence-corrected chi connectivity index (χ0v) is 14.3. The molecule has 0 aliphatic rings. The average Bonchev–Trinajstić information content (AvgIpc) is 2.52. The second kappa shape index (κ2) is 6.16. The third kappa shape index (κ3) is 3.15. The van der Waals surface area contributed by atoms with Gasteiger partial charge in [0.1, 0.15) is 11.9 Å². The minimum absolute atomic E-state index is 0.0763. The lowest BCUT2D eigenvalue weighted by molar-refractivity contribution is 0.222. The average molecular weight is 365 g/mol. The second-order valence-corrected chi connectivity index (χ2v) is 7.99. The van der Waals surface area contributed by atoms with Gasteiger partial charge in [-0.15, -0.1) is 0 Å². The summed E-state index contributed by atoms with van der Waals surface area (Å²) in [6, 6.07) is 13.8. The fourth-order valence-electron chi connectivity index (χ4n) is 2.64. The van der Waals surface area contributed by atoms with Crippen LogP contribution in [0, 0.1) is 5.82 Å². The van der Waals surface area contributed by atoms with Crippen molar-refractivity contribution in [2.45, 2.75) is 11.0 Å². The quantitative estimate of drug-likeness (QED) is 0.760. The molecule has 0 aliphatic carbocycles.